The van der Waals surface area contributed by atoms with Crippen LogP contribution in [-0.4, -0.2) is 42.1 Å². The Hall–Kier alpha value is -3.16. The van der Waals surface area contributed by atoms with Crippen LogP contribution in [0.4, 0.5) is 8.78 Å². The van der Waals surface area contributed by atoms with Gasteiger partial charge in [0.05, 0.1) is 25.3 Å². The summed E-state index contributed by atoms with van der Waals surface area (Å²) in [5.74, 6) is -0.811. The number of ether oxygens (including phenoxy) is 1. The maximum absolute atomic E-state index is 14.7. The fourth-order valence-corrected chi connectivity index (χ4v) is 3.66. The lowest BCUT2D eigenvalue weighted by molar-refractivity contribution is -0.120. The van der Waals surface area contributed by atoms with Gasteiger partial charge < -0.3 is 10.1 Å². The lowest BCUT2D eigenvalue weighted by Gasteiger charge is -2.26. The third-order valence-electron chi connectivity index (χ3n) is 5.41. The highest BCUT2D eigenvalue weighted by Crippen LogP contribution is 2.23. The van der Waals surface area contributed by atoms with Gasteiger partial charge in [0.1, 0.15) is 11.6 Å². The number of morpholine rings is 1. The van der Waals surface area contributed by atoms with Crippen LogP contribution < -0.4 is 5.32 Å². The van der Waals surface area contributed by atoms with E-state index < -0.39 is 0 Å². The first kappa shape index (κ1) is 22.0. The normalized spacial score (nSPS) is 14.3. The summed E-state index contributed by atoms with van der Waals surface area (Å²) in [7, 11) is 0. The lowest BCUT2D eigenvalue weighted by Crippen LogP contribution is -2.35. The quantitative estimate of drug-likeness (QED) is 0.612. The van der Waals surface area contributed by atoms with Crippen LogP contribution in [0.5, 0.6) is 0 Å². The first-order chi connectivity index (χ1) is 15.6. The van der Waals surface area contributed by atoms with Gasteiger partial charge in [0.15, 0.2) is 0 Å². The van der Waals surface area contributed by atoms with Crippen LogP contribution in [0.15, 0.2) is 60.8 Å². The number of pyridine rings is 1. The van der Waals surface area contributed by atoms with Gasteiger partial charge in [-0.2, -0.15) is 0 Å². The average Bonchev–Trinajstić information content (AvgIpc) is 2.79. The molecule has 0 spiro atoms. The first-order valence-electron chi connectivity index (χ1n) is 10.6. The largest absolute Gasteiger partial charge is 0.379 e. The minimum absolute atomic E-state index is 0.165. The molecule has 3 aromatic rings. The zero-order chi connectivity index (χ0) is 22.3. The standard InChI is InChI=1S/C25H25F2N3O2/c26-21-3-1-2-19(12-21)15-29-25(31)13-18-4-6-20(7-5-18)23-16-28-22(14-24(23)27)17-30-8-10-32-11-9-30/h1-7,12,14,16H,8-11,13,15,17H2,(H,29,31). The number of halogens is 2. The van der Waals surface area contributed by atoms with Crippen LogP contribution in [0.2, 0.25) is 0 Å². The molecular weight excluding hydrogens is 412 g/mol. The maximum Gasteiger partial charge on any atom is 0.224 e. The highest BCUT2D eigenvalue weighted by atomic mass is 19.1. The lowest BCUT2D eigenvalue weighted by atomic mass is 10.0. The molecule has 1 N–H and O–H groups in total. The zero-order valence-electron chi connectivity index (χ0n) is 17.7. The van der Waals surface area contributed by atoms with Crippen LogP contribution in [0.25, 0.3) is 11.1 Å². The smallest absolute Gasteiger partial charge is 0.224 e. The minimum atomic E-state index is -0.330. The summed E-state index contributed by atoms with van der Waals surface area (Å²) in [4.78, 5) is 18.8. The molecule has 1 aromatic heterocycles. The van der Waals surface area contributed by atoms with Crippen LogP contribution >= 0.6 is 0 Å². The molecule has 0 bridgehead atoms. The summed E-state index contributed by atoms with van der Waals surface area (Å²) in [6.45, 7) is 3.89. The predicted molar refractivity (Wildman–Crippen MR) is 118 cm³/mol. The van der Waals surface area contributed by atoms with E-state index in [4.69, 9.17) is 4.74 Å². The molecule has 2 heterocycles. The summed E-state index contributed by atoms with van der Waals surface area (Å²) >= 11 is 0. The summed E-state index contributed by atoms with van der Waals surface area (Å²) in [5, 5.41) is 2.78. The van der Waals surface area contributed by atoms with Gasteiger partial charge in [-0.1, -0.05) is 36.4 Å². The number of benzene rings is 2. The van der Waals surface area contributed by atoms with Crippen molar-refractivity contribution in [1.82, 2.24) is 15.2 Å². The second kappa shape index (κ2) is 10.4. The SMILES string of the molecule is O=C(Cc1ccc(-c2cnc(CN3CCOCC3)cc2F)cc1)NCc1cccc(F)c1. The molecule has 0 aliphatic carbocycles. The van der Waals surface area contributed by atoms with E-state index in [-0.39, 0.29) is 30.5 Å². The molecule has 5 nitrogen and oxygen atoms in total. The van der Waals surface area contributed by atoms with Crippen molar-refractivity contribution in [3.8, 4) is 11.1 Å². The summed E-state index contributed by atoms with van der Waals surface area (Å²) in [5.41, 5.74) is 3.34. The molecule has 0 radical (unpaired) electrons. The highest BCUT2D eigenvalue weighted by molar-refractivity contribution is 5.78. The third-order valence-corrected chi connectivity index (χ3v) is 5.41. The van der Waals surface area contributed by atoms with Crippen LogP contribution in [0, 0.1) is 11.6 Å². The molecule has 1 amide bonds. The highest BCUT2D eigenvalue weighted by Gasteiger charge is 2.14. The molecule has 1 aliphatic rings. The van der Waals surface area contributed by atoms with Gasteiger partial charge in [-0.25, -0.2) is 8.78 Å². The molecule has 4 rings (SSSR count). The summed E-state index contributed by atoms with van der Waals surface area (Å²) in [6.07, 6.45) is 1.75. The number of aromatic nitrogens is 1. The second-order valence-electron chi connectivity index (χ2n) is 7.82. The van der Waals surface area contributed by atoms with Crippen molar-refractivity contribution in [2.24, 2.45) is 0 Å². The predicted octanol–water partition coefficient (Wildman–Crippen LogP) is 3.72. The molecule has 1 fully saturated rings. The molecular formula is C25H25F2N3O2. The first-order valence-corrected chi connectivity index (χ1v) is 10.6. The van der Waals surface area contributed by atoms with Crippen LogP contribution in [0.3, 0.4) is 0 Å². The monoisotopic (exact) mass is 437 g/mol. The molecule has 1 saturated heterocycles. The van der Waals surface area contributed by atoms with Crippen molar-refractivity contribution in [2.45, 2.75) is 19.5 Å². The number of carbonyl (C=O) groups is 1. The van der Waals surface area contributed by atoms with E-state index in [2.05, 4.69) is 15.2 Å². The number of amides is 1. The van der Waals surface area contributed by atoms with E-state index in [0.717, 1.165) is 18.7 Å². The number of rotatable bonds is 7. The van der Waals surface area contributed by atoms with E-state index in [1.807, 2.05) is 0 Å². The Morgan fingerprint density at radius 1 is 1.03 bits per heavy atom. The molecule has 0 saturated carbocycles. The molecule has 7 heteroatoms. The van der Waals surface area contributed by atoms with Gasteiger partial charge in [0.2, 0.25) is 5.91 Å². The van der Waals surface area contributed by atoms with E-state index in [1.54, 1.807) is 42.6 Å². The molecule has 0 unspecified atom stereocenters. The van der Waals surface area contributed by atoms with E-state index in [0.29, 0.717) is 42.1 Å². The fourth-order valence-electron chi connectivity index (χ4n) is 3.66. The molecule has 2 aromatic carbocycles. The van der Waals surface area contributed by atoms with Crippen molar-refractivity contribution in [3.63, 3.8) is 0 Å². The van der Waals surface area contributed by atoms with Crippen molar-refractivity contribution in [1.29, 1.82) is 0 Å². The fraction of sp³-hybridized carbons (Fsp3) is 0.280. The Balaban J connectivity index is 1.34. The Bertz CT molecular complexity index is 1070. The molecule has 166 valence electrons. The van der Waals surface area contributed by atoms with Crippen molar-refractivity contribution < 1.29 is 18.3 Å². The van der Waals surface area contributed by atoms with E-state index >= 15 is 0 Å². The summed E-state index contributed by atoms with van der Waals surface area (Å²) < 4.78 is 33.3. The number of nitrogens with one attached hydrogen (secondary N) is 1. The van der Waals surface area contributed by atoms with Gasteiger partial charge in [-0.15, -0.1) is 0 Å². The van der Waals surface area contributed by atoms with Gasteiger partial charge in [0, 0.05) is 37.9 Å². The summed E-state index contributed by atoms with van der Waals surface area (Å²) in [6, 6.07) is 14.8. The van der Waals surface area contributed by atoms with E-state index in [9.17, 15) is 13.6 Å². The Kier molecular flexibility index (Phi) is 7.19. The maximum atomic E-state index is 14.7. The third kappa shape index (κ3) is 5.96. The van der Waals surface area contributed by atoms with Crippen LogP contribution in [-0.2, 0) is 29.0 Å². The minimum Gasteiger partial charge on any atom is -0.379 e. The zero-order valence-corrected chi connectivity index (χ0v) is 17.7. The number of hydrogen-bond acceptors (Lipinski definition) is 4. The molecule has 1 aliphatic heterocycles. The van der Waals surface area contributed by atoms with Crippen molar-refractivity contribution in [2.75, 3.05) is 26.3 Å². The Morgan fingerprint density at radius 2 is 1.81 bits per heavy atom. The molecule has 32 heavy (non-hydrogen) atoms. The van der Waals surface area contributed by atoms with Gasteiger partial charge in [0.25, 0.3) is 0 Å². The number of hydrogen-bond donors (Lipinski definition) is 1. The Labute approximate surface area is 186 Å². The topological polar surface area (TPSA) is 54.5 Å². The van der Waals surface area contributed by atoms with Crippen molar-refractivity contribution in [3.05, 3.63) is 89.2 Å². The van der Waals surface area contributed by atoms with Crippen LogP contribution in [0.1, 0.15) is 16.8 Å². The number of carbonyl (C=O) groups excluding carboxylic acids is 1. The van der Waals surface area contributed by atoms with Gasteiger partial charge in [-0.3, -0.25) is 14.7 Å². The average molecular weight is 437 g/mol. The van der Waals surface area contributed by atoms with Gasteiger partial charge >= 0.3 is 0 Å². The molecule has 0 atom stereocenters. The second-order valence-corrected chi connectivity index (χ2v) is 7.82. The van der Waals surface area contributed by atoms with Gasteiger partial charge in [-0.05, 0) is 34.9 Å². The van der Waals surface area contributed by atoms with Crippen molar-refractivity contribution >= 4 is 5.91 Å². The number of nitrogens with zero attached hydrogens (tertiary/aromatic N) is 2. The Morgan fingerprint density at radius 3 is 2.53 bits per heavy atom. The van der Waals surface area contributed by atoms with E-state index in [1.165, 1.54) is 18.2 Å².